The molecule has 0 aliphatic heterocycles. The zero-order chi connectivity index (χ0) is 16.0. The summed E-state index contributed by atoms with van der Waals surface area (Å²) < 4.78 is 5.24. The van der Waals surface area contributed by atoms with Gasteiger partial charge in [-0.15, -0.1) is 0 Å². The smallest absolute Gasteiger partial charge is 0.311 e. The van der Waals surface area contributed by atoms with Crippen LogP contribution in [0.3, 0.4) is 0 Å². The highest BCUT2D eigenvalue weighted by molar-refractivity contribution is 5.86. The lowest BCUT2D eigenvalue weighted by Gasteiger charge is -2.22. The zero-order valence-electron chi connectivity index (χ0n) is 13.0. The molecule has 0 aliphatic carbocycles. The fraction of sp³-hybridized carbons (Fsp3) is 0.500. The quantitative estimate of drug-likeness (QED) is 0.838. The van der Waals surface area contributed by atoms with Crippen LogP contribution < -0.4 is 4.74 Å². The van der Waals surface area contributed by atoms with Crippen LogP contribution in [0.25, 0.3) is 0 Å². The number of aliphatic carboxylic acids is 1. The van der Waals surface area contributed by atoms with Crippen molar-refractivity contribution >= 4 is 11.9 Å². The standard InChI is InChI=1S/C16H23NO4/c1-5-17(6-2)15(18)10-13(16(19)20)12-9-11(3)7-8-14(12)21-4/h7-9,13H,5-6,10H2,1-4H3,(H,19,20). The van der Waals surface area contributed by atoms with Crippen LogP contribution in [0.5, 0.6) is 5.75 Å². The molecule has 1 aromatic rings. The first kappa shape index (κ1) is 17.0. The molecule has 5 nitrogen and oxygen atoms in total. The average molecular weight is 293 g/mol. The number of rotatable bonds is 7. The molecular weight excluding hydrogens is 270 g/mol. The fourth-order valence-corrected chi connectivity index (χ4v) is 2.34. The van der Waals surface area contributed by atoms with E-state index in [1.807, 2.05) is 26.8 Å². The van der Waals surface area contributed by atoms with E-state index in [9.17, 15) is 14.7 Å². The highest BCUT2D eigenvalue weighted by atomic mass is 16.5. The van der Waals surface area contributed by atoms with Crippen LogP contribution in [0.2, 0.25) is 0 Å². The topological polar surface area (TPSA) is 66.8 Å². The second kappa shape index (κ2) is 7.67. The molecule has 0 saturated heterocycles. The Hall–Kier alpha value is -2.04. The molecule has 21 heavy (non-hydrogen) atoms. The van der Waals surface area contributed by atoms with Gasteiger partial charge in [0.1, 0.15) is 5.75 Å². The summed E-state index contributed by atoms with van der Waals surface area (Å²) in [6.45, 7) is 6.79. The molecule has 1 amide bonds. The van der Waals surface area contributed by atoms with E-state index in [0.29, 0.717) is 24.4 Å². The van der Waals surface area contributed by atoms with Crippen molar-refractivity contribution in [3.63, 3.8) is 0 Å². The first-order valence-electron chi connectivity index (χ1n) is 7.09. The normalized spacial score (nSPS) is 11.8. The van der Waals surface area contributed by atoms with Crippen molar-refractivity contribution in [2.45, 2.75) is 33.1 Å². The Morgan fingerprint density at radius 1 is 1.29 bits per heavy atom. The SMILES string of the molecule is CCN(CC)C(=O)CC(C(=O)O)c1cc(C)ccc1OC. The van der Waals surface area contributed by atoms with Gasteiger partial charge in [-0.25, -0.2) is 0 Å². The molecule has 0 heterocycles. The van der Waals surface area contributed by atoms with Gasteiger partial charge in [0.2, 0.25) is 5.91 Å². The summed E-state index contributed by atoms with van der Waals surface area (Å²) in [7, 11) is 1.50. The van der Waals surface area contributed by atoms with E-state index in [0.717, 1.165) is 5.56 Å². The predicted octanol–water partition coefficient (Wildman–Crippen LogP) is 2.43. The van der Waals surface area contributed by atoms with E-state index >= 15 is 0 Å². The van der Waals surface area contributed by atoms with Crippen LogP contribution in [0.4, 0.5) is 0 Å². The molecule has 0 spiro atoms. The molecule has 0 saturated carbocycles. The Balaban J connectivity index is 3.11. The van der Waals surface area contributed by atoms with Crippen molar-refractivity contribution in [1.82, 2.24) is 4.90 Å². The summed E-state index contributed by atoms with van der Waals surface area (Å²) in [6.07, 6.45) is -0.0587. The van der Waals surface area contributed by atoms with Gasteiger partial charge in [-0.1, -0.05) is 17.7 Å². The van der Waals surface area contributed by atoms with Gasteiger partial charge in [-0.3, -0.25) is 9.59 Å². The van der Waals surface area contributed by atoms with Crippen LogP contribution in [0.15, 0.2) is 18.2 Å². The van der Waals surface area contributed by atoms with Crippen molar-refractivity contribution in [2.75, 3.05) is 20.2 Å². The van der Waals surface area contributed by atoms with Crippen molar-refractivity contribution in [2.24, 2.45) is 0 Å². The maximum absolute atomic E-state index is 12.2. The van der Waals surface area contributed by atoms with Gasteiger partial charge in [0.15, 0.2) is 0 Å². The molecule has 1 unspecified atom stereocenters. The number of aryl methyl sites for hydroxylation is 1. The summed E-state index contributed by atoms with van der Waals surface area (Å²) in [5, 5.41) is 9.49. The first-order chi connectivity index (χ1) is 9.94. The number of amides is 1. The van der Waals surface area contributed by atoms with Gasteiger partial charge < -0.3 is 14.7 Å². The van der Waals surface area contributed by atoms with E-state index in [-0.39, 0.29) is 12.3 Å². The Kier molecular flexibility index (Phi) is 6.21. The highest BCUT2D eigenvalue weighted by Crippen LogP contribution is 2.30. The van der Waals surface area contributed by atoms with Gasteiger partial charge in [0, 0.05) is 25.1 Å². The summed E-state index contributed by atoms with van der Waals surface area (Å²) in [5.74, 6) is -1.57. The lowest BCUT2D eigenvalue weighted by molar-refractivity contribution is -0.142. The number of hydrogen-bond donors (Lipinski definition) is 1. The molecule has 116 valence electrons. The van der Waals surface area contributed by atoms with Crippen molar-refractivity contribution < 1.29 is 19.4 Å². The molecular formula is C16H23NO4. The third-order valence-electron chi connectivity index (χ3n) is 3.55. The Bertz CT molecular complexity index is 509. The second-order valence-electron chi connectivity index (χ2n) is 4.91. The Labute approximate surface area is 125 Å². The molecule has 5 heteroatoms. The van der Waals surface area contributed by atoms with Gasteiger partial charge >= 0.3 is 5.97 Å². The first-order valence-corrected chi connectivity index (χ1v) is 7.09. The van der Waals surface area contributed by atoms with Gasteiger partial charge in [-0.2, -0.15) is 0 Å². The molecule has 1 rings (SSSR count). The van der Waals surface area contributed by atoms with Crippen LogP contribution in [-0.4, -0.2) is 42.1 Å². The second-order valence-corrected chi connectivity index (χ2v) is 4.91. The molecule has 0 aromatic heterocycles. The third kappa shape index (κ3) is 4.21. The maximum Gasteiger partial charge on any atom is 0.311 e. The lowest BCUT2D eigenvalue weighted by Crippen LogP contribution is -2.32. The van der Waals surface area contributed by atoms with Crippen molar-refractivity contribution in [3.05, 3.63) is 29.3 Å². The summed E-state index contributed by atoms with van der Waals surface area (Å²) in [5.41, 5.74) is 1.48. The molecule has 1 aromatic carbocycles. The van der Waals surface area contributed by atoms with Crippen molar-refractivity contribution in [1.29, 1.82) is 0 Å². The van der Waals surface area contributed by atoms with Crippen molar-refractivity contribution in [3.8, 4) is 5.75 Å². The largest absolute Gasteiger partial charge is 0.496 e. The molecule has 1 atom stereocenters. The number of carbonyl (C=O) groups is 2. The molecule has 0 radical (unpaired) electrons. The van der Waals surface area contributed by atoms with Gasteiger partial charge in [0.25, 0.3) is 0 Å². The monoisotopic (exact) mass is 293 g/mol. The summed E-state index contributed by atoms with van der Waals surface area (Å²) >= 11 is 0. The van der Waals surface area contributed by atoms with E-state index in [1.54, 1.807) is 17.0 Å². The Morgan fingerprint density at radius 3 is 2.38 bits per heavy atom. The van der Waals surface area contributed by atoms with Crippen LogP contribution >= 0.6 is 0 Å². The molecule has 0 fully saturated rings. The minimum Gasteiger partial charge on any atom is -0.496 e. The van der Waals surface area contributed by atoms with Crippen LogP contribution in [-0.2, 0) is 9.59 Å². The molecule has 0 bridgehead atoms. The number of carbonyl (C=O) groups excluding carboxylic acids is 1. The predicted molar refractivity (Wildman–Crippen MR) is 80.7 cm³/mol. The number of nitrogens with zero attached hydrogens (tertiary/aromatic N) is 1. The summed E-state index contributed by atoms with van der Waals surface area (Å²) in [6, 6.07) is 5.36. The number of hydrogen-bond acceptors (Lipinski definition) is 3. The van der Waals surface area contributed by atoms with Crippen LogP contribution in [0.1, 0.15) is 37.3 Å². The number of ether oxygens (including phenoxy) is 1. The van der Waals surface area contributed by atoms with E-state index in [4.69, 9.17) is 4.74 Å². The molecule has 0 aliphatic rings. The maximum atomic E-state index is 12.2. The van der Waals surface area contributed by atoms with Gasteiger partial charge in [0.05, 0.1) is 13.0 Å². The number of carboxylic acids is 1. The van der Waals surface area contributed by atoms with Gasteiger partial charge in [-0.05, 0) is 26.8 Å². The van der Waals surface area contributed by atoms with E-state index in [2.05, 4.69) is 0 Å². The van der Waals surface area contributed by atoms with Crippen LogP contribution in [0, 0.1) is 6.92 Å². The number of methoxy groups -OCH3 is 1. The van der Waals surface area contributed by atoms with E-state index < -0.39 is 11.9 Å². The minimum atomic E-state index is -1.01. The minimum absolute atomic E-state index is 0.0587. The average Bonchev–Trinajstić information content (AvgIpc) is 2.45. The number of benzene rings is 1. The Morgan fingerprint density at radius 2 is 1.90 bits per heavy atom. The zero-order valence-corrected chi connectivity index (χ0v) is 13.0. The third-order valence-corrected chi connectivity index (χ3v) is 3.55. The molecule has 1 N–H and O–H groups in total. The lowest BCUT2D eigenvalue weighted by atomic mass is 9.93. The fourth-order valence-electron chi connectivity index (χ4n) is 2.34. The van der Waals surface area contributed by atoms with E-state index in [1.165, 1.54) is 7.11 Å². The highest BCUT2D eigenvalue weighted by Gasteiger charge is 2.28. The summed E-state index contributed by atoms with van der Waals surface area (Å²) in [4.78, 5) is 25.4. The number of carboxylic acid groups (broad SMARTS) is 1.